The molecule has 2 aromatic rings. The van der Waals surface area contributed by atoms with E-state index in [9.17, 15) is 0 Å². The summed E-state index contributed by atoms with van der Waals surface area (Å²) >= 11 is 2.30. The summed E-state index contributed by atoms with van der Waals surface area (Å²) in [5.74, 6) is 1.68. The van der Waals surface area contributed by atoms with E-state index in [2.05, 4.69) is 58.2 Å². The number of nitrogens with one attached hydrogen (secondary N) is 1. The fourth-order valence-corrected chi connectivity index (χ4v) is 2.33. The molecule has 0 unspecified atom stereocenters. The Bertz CT molecular complexity index is 569. The Kier molecular flexibility index (Phi) is 3.77. The van der Waals surface area contributed by atoms with Gasteiger partial charge in [-0.1, -0.05) is 6.07 Å². The van der Waals surface area contributed by atoms with Gasteiger partial charge in [-0.15, -0.1) is 0 Å². The third kappa shape index (κ3) is 3.12. The van der Waals surface area contributed by atoms with Gasteiger partial charge in [-0.3, -0.25) is 0 Å². The van der Waals surface area contributed by atoms with Crippen LogP contribution in [0.2, 0.25) is 0 Å². The number of halogens is 1. The van der Waals surface area contributed by atoms with Crippen LogP contribution in [0.1, 0.15) is 5.56 Å². The fraction of sp³-hybridized carbons (Fsp3) is 0.200. The number of benzene rings is 2. The van der Waals surface area contributed by atoms with E-state index in [1.807, 2.05) is 12.1 Å². The van der Waals surface area contributed by atoms with Crippen molar-refractivity contribution in [3.05, 3.63) is 51.6 Å². The van der Waals surface area contributed by atoms with E-state index >= 15 is 0 Å². The molecule has 0 saturated heterocycles. The van der Waals surface area contributed by atoms with Crippen LogP contribution in [0.4, 0.5) is 5.69 Å². The summed E-state index contributed by atoms with van der Waals surface area (Å²) in [6.45, 7) is 2.03. The molecule has 19 heavy (non-hydrogen) atoms. The number of hydrogen-bond donors (Lipinski definition) is 1. The van der Waals surface area contributed by atoms with E-state index in [0.29, 0.717) is 13.2 Å². The standard InChI is InChI=1S/C15H14INO2/c16-12-2-4-13(5-3-12)17-10-11-1-6-14-15(9-11)19-8-7-18-14/h1-6,9,17H,7-8,10H2. The smallest absolute Gasteiger partial charge is 0.161 e. The van der Waals surface area contributed by atoms with Crippen LogP contribution in [0.25, 0.3) is 0 Å². The predicted octanol–water partition coefficient (Wildman–Crippen LogP) is 3.67. The van der Waals surface area contributed by atoms with Crippen molar-refractivity contribution in [2.75, 3.05) is 18.5 Å². The van der Waals surface area contributed by atoms with Gasteiger partial charge in [0.2, 0.25) is 0 Å². The zero-order valence-electron chi connectivity index (χ0n) is 10.4. The first kappa shape index (κ1) is 12.6. The molecule has 0 fully saturated rings. The van der Waals surface area contributed by atoms with Crippen LogP contribution in [0.15, 0.2) is 42.5 Å². The van der Waals surface area contributed by atoms with Crippen LogP contribution in [0.5, 0.6) is 11.5 Å². The highest BCUT2D eigenvalue weighted by molar-refractivity contribution is 14.1. The van der Waals surface area contributed by atoms with Crippen LogP contribution >= 0.6 is 22.6 Å². The highest BCUT2D eigenvalue weighted by Crippen LogP contribution is 2.30. The molecule has 98 valence electrons. The molecule has 0 amide bonds. The Hall–Kier alpha value is -1.43. The summed E-state index contributed by atoms with van der Waals surface area (Å²) in [5, 5.41) is 3.40. The Labute approximate surface area is 126 Å². The van der Waals surface area contributed by atoms with Gasteiger partial charge in [-0.2, -0.15) is 0 Å². The fourth-order valence-electron chi connectivity index (χ4n) is 1.97. The minimum Gasteiger partial charge on any atom is -0.486 e. The monoisotopic (exact) mass is 367 g/mol. The van der Waals surface area contributed by atoms with Gasteiger partial charge in [0.05, 0.1) is 0 Å². The quantitative estimate of drug-likeness (QED) is 0.840. The molecule has 3 rings (SSSR count). The Morgan fingerprint density at radius 2 is 1.68 bits per heavy atom. The lowest BCUT2D eigenvalue weighted by molar-refractivity contribution is 0.171. The third-order valence-electron chi connectivity index (χ3n) is 2.95. The molecule has 0 saturated carbocycles. The molecule has 0 spiro atoms. The van der Waals surface area contributed by atoms with Crippen LogP contribution in [0, 0.1) is 3.57 Å². The van der Waals surface area contributed by atoms with Crippen molar-refractivity contribution >= 4 is 28.3 Å². The second-order valence-corrected chi connectivity index (χ2v) is 5.58. The summed E-state index contributed by atoms with van der Waals surface area (Å²) in [6, 6.07) is 14.4. The van der Waals surface area contributed by atoms with Crippen LogP contribution in [0.3, 0.4) is 0 Å². The molecule has 1 aliphatic rings. The van der Waals surface area contributed by atoms with E-state index in [4.69, 9.17) is 9.47 Å². The molecule has 0 atom stereocenters. The van der Waals surface area contributed by atoms with Gasteiger partial charge < -0.3 is 14.8 Å². The van der Waals surface area contributed by atoms with Gasteiger partial charge in [0.1, 0.15) is 13.2 Å². The molecule has 1 N–H and O–H groups in total. The van der Waals surface area contributed by atoms with Crippen LogP contribution in [-0.2, 0) is 6.54 Å². The average Bonchev–Trinajstić information content (AvgIpc) is 2.46. The van der Waals surface area contributed by atoms with Crippen molar-refractivity contribution in [2.45, 2.75) is 6.54 Å². The molecule has 0 bridgehead atoms. The molecule has 4 heteroatoms. The summed E-state index contributed by atoms with van der Waals surface area (Å²) in [5.41, 5.74) is 2.30. The number of hydrogen-bond acceptors (Lipinski definition) is 3. The molecule has 1 aliphatic heterocycles. The molecule has 3 nitrogen and oxygen atoms in total. The largest absolute Gasteiger partial charge is 0.486 e. The van der Waals surface area contributed by atoms with Crippen molar-refractivity contribution in [2.24, 2.45) is 0 Å². The average molecular weight is 367 g/mol. The Balaban J connectivity index is 1.68. The lowest BCUT2D eigenvalue weighted by Gasteiger charge is -2.19. The number of rotatable bonds is 3. The second-order valence-electron chi connectivity index (χ2n) is 4.34. The molecule has 0 radical (unpaired) electrons. The van der Waals surface area contributed by atoms with E-state index in [-0.39, 0.29) is 0 Å². The second kappa shape index (κ2) is 5.69. The molecule has 2 aromatic carbocycles. The topological polar surface area (TPSA) is 30.5 Å². The maximum atomic E-state index is 5.58. The SMILES string of the molecule is Ic1ccc(NCc2ccc3c(c2)OCCO3)cc1. The van der Waals surface area contributed by atoms with Gasteiger partial charge in [-0.25, -0.2) is 0 Å². The minimum absolute atomic E-state index is 0.626. The van der Waals surface area contributed by atoms with Gasteiger partial charge >= 0.3 is 0 Å². The first-order valence-corrected chi connectivity index (χ1v) is 7.27. The molecule has 0 aromatic heterocycles. The molecule has 0 aliphatic carbocycles. The summed E-state index contributed by atoms with van der Waals surface area (Å²) in [4.78, 5) is 0. The number of anilines is 1. The molecule has 1 heterocycles. The lowest BCUT2D eigenvalue weighted by atomic mass is 10.2. The predicted molar refractivity (Wildman–Crippen MR) is 83.9 cm³/mol. The van der Waals surface area contributed by atoms with Gasteiger partial charge in [0.25, 0.3) is 0 Å². The van der Waals surface area contributed by atoms with Gasteiger partial charge in [-0.05, 0) is 64.6 Å². The Morgan fingerprint density at radius 3 is 2.47 bits per heavy atom. The highest BCUT2D eigenvalue weighted by Gasteiger charge is 2.11. The normalized spacial score (nSPS) is 13.1. The van der Waals surface area contributed by atoms with E-state index in [0.717, 1.165) is 23.7 Å². The van der Waals surface area contributed by atoms with Crippen molar-refractivity contribution in [1.29, 1.82) is 0 Å². The zero-order chi connectivity index (χ0) is 13.1. The Morgan fingerprint density at radius 1 is 0.947 bits per heavy atom. The van der Waals surface area contributed by atoms with Crippen LogP contribution in [-0.4, -0.2) is 13.2 Å². The molecular formula is C15H14INO2. The summed E-state index contributed by atoms with van der Waals surface area (Å²) < 4.78 is 12.3. The van der Waals surface area contributed by atoms with Crippen molar-refractivity contribution in [1.82, 2.24) is 0 Å². The first-order valence-electron chi connectivity index (χ1n) is 6.19. The van der Waals surface area contributed by atoms with Gasteiger partial charge in [0, 0.05) is 15.8 Å². The summed E-state index contributed by atoms with van der Waals surface area (Å²) in [6.07, 6.45) is 0. The zero-order valence-corrected chi connectivity index (χ0v) is 12.5. The van der Waals surface area contributed by atoms with Crippen molar-refractivity contribution < 1.29 is 9.47 Å². The van der Waals surface area contributed by atoms with E-state index in [1.54, 1.807) is 0 Å². The van der Waals surface area contributed by atoms with Crippen LogP contribution < -0.4 is 14.8 Å². The number of ether oxygens (including phenoxy) is 2. The maximum absolute atomic E-state index is 5.58. The minimum atomic E-state index is 0.626. The third-order valence-corrected chi connectivity index (χ3v) is 3.67. The lowest BCUT2D eigenvalue weighted by Crippen LogP contribution is -2.15. The van der Waals surface area contributed by atoms with E-state index in [1.165, 1.54) is 9.13 Å². The van der Waals surface area contributed by atoms with Crippen molar-refractivity contribution in [3.8, 4) is 11.5 Å². The summed E-state index contributed by atoms with van der Waals surface area (Å²) in [7, 11) is 0. The van der Waals surface area contributed by atoms with Gasteiger partial charge in [0.15, 0.2) is 11.5 Å². The number of fused-ring (bicyclic) bond motifs is 1. The van der Waals surface area contributed by atoms with E-state index < -0.39 is 0 Å². The maximum Gasteiger partial charge on any atom is 0.161 e. The van der Waals surface area contributed by atoms with Crippen molar-refractivity contribution in [3.63, 3.8) is 0 Å². The molecular weight excluding hydrogens is 353 g/mol. The highest BCUT2D eigenvalue weighted by atomic mass is 127. The first-order chi connectivity index (χ1) is 9.31.